The fourth-order valence-corrected chi connectivity index (χ4v) is 2.92. The number of nitrogens with one attached hydrogen (secondary N) is 1. The van der Waals surface area contributed by atoms with E-state index >= 15 is 0 Å². The van der Waals surface area contributed by atoms with Gasteiger partial charge < -0.3 is 19.5 Å². The number of carbonyl (C=O) groups excluding carboxylic acids is 1. The van der Waals surface area contributed by atoms with Crippen molar-refractivity contribution >= 4 is 23.4 Å². The Morgan fingerprint density at radius 2 is 1.82 bits per heavy atom. The molecule has 1 aliphatic heterocycles. The maximum atomic E-state index is 13.8. The van der Waals surface area contributed by atoms with E-state index in [2.05, 4.69) is 20.5 Å². The lowest BCUT2D eigenvalue weighted by molar-refractivity contribution is 0.0714. The summed E-state index contributed by atoms with van der Waals surface area (Å²) in [5.74, 6) is -0.883. The molecular formula is C18H16F2N6O2. The summed E-state index contributed by atoms with van der Waals surface area (Å²) in [6.45, 7) is 2.01. The zero-order valence-corrected chi connectivity index (χ0v) is 14.7. The first kappa shape index (κ1) is 17.8. The highest BCUT2D eigenvalue weighted by atomic mass is 19.1. The first-order chi connectivity index (χ1) is 13.6. The quantitative estimate of drug-likeness (QED) is 0.737. The Balaban J connectivity index is 1.43. The van der Waals surface area contributed by atoms with Gasteiger partial charge in [-0.3, -0.25) is 4.79 Å². The van der Waals surface area contributed by atoms with Gasteiger partial charge in [0.1, 0.15) is 17.3 Å². The number of benzene rings is 1. The van der Waals surface area contributed by atoms with Crippen molar-refractivity contribution in [3.8, 4) is 0 Å². The molecule has 144 valence electrons. The molecule has 3 heterocycles. The molecule has 3 aromatic rings. The molecule has 28 heavy (non-hydrogen) atoms. The van der Waals surface area contributed by atoms with E-state index in [1.807, 2.05) is 4.90 Å². The number of piperazine rings is 1. The molecule has 1 amide bonds. The molecule has 8 nitrogen and oxygen atoms in total. The van der Waals surface area contributed by atoms with Crippen LogP contribution in [0.4, 0.5) is 26.2 Å². The highest BCUT2D eigenvalue weighted by molar-refractivity contribution is 5.91. The van der Waals surface area contributed by atoms with Gasteiger partial charge in [0, 0.05) is 26.2 Å². The van der Waals surface area contributed by atoms with Gasteiger partial charge >= 0.3 is 0 Å². The molecule has 0 radical (unpaired) electrons. The summed E-state index contributed by atoms with van der Waals surface area (Å²) in [5.41, 5.74) is -0.338. The molecule has 1 aromatic carbocycles. The molecular weight excluding hydrogens is 370 g/mol. The van der Waals surface area contributed by atoms with Gasteiger partial charge in [-0.15, -0.1) is 5.10 Å². The fourth-order valence-electron chi connectivity index (χ4n) is 2.92. The summed E-state index contributed by atoms with van der Waals surface area (Å²) in [6.07, 6.45) is 2.93. The van der Waals surface area contributed by atoms with Crippen LogP contribution in [-0.2, 0) is 0 Å². The van der Waals surface area contributed by atoms with Crippen molar-refractivity contribution in [2.45, 2.75) is 0 Å². The van der Waals surface area contributed by atoms with E-state index in [1.165, 1.54) is 18.5 Å². The third kappa shape index (κ3) is 3.61. The fraction of sp³-hybridized carbons (Fsp3) is 0.222. The smallest absolute Gasteiger partial charge is 0.289 e. The number of hydrogen-bond acceptors (Lipinski definition) is 7. The topological polar surface area (TPSA) is 87.4 Å². The highest BCUT2D eigenvalue weighted by Gasteiger charge is 2.24. The van der Waals surface area contributed by atoms with Gasteiger partial charge in [-0.2, -0.15) is 10.1 Å². The lowest BCUT2D eigenvalue weighted by Crippen LogP contribution is -2.49. The number of amides is 1. The number of furan rings is 1. The number of anilines is 3. The van der Waals surface area contributed by atoms with Crippen LogP contribution in [0.15, 0.2) is 47.2 Å². The van der Waals surface area contributed by atoms with Crippen LogP contribution in [0.25, 0.3) is 0 Å². The summed E-state index contributed by atoms with van der Waals surface area (Å²) in [6, 6.07) is 6.84. The summed E-state index contributed by atoms with van der Waals surface area (Å²) in [7, 11) is 0. The minimum atomic E-state index is -0.751. The second-order valence-electron chi connectivity index (χ2n) is 6.12. The minimum absolute atomic E-state index is 0.0180. The Labute approximate surface area is 158 Å². The van der Waals surface area contributed by atoms with E-state index in [0.29, 0.717) is 37.8 Å². The third-order valence-electron chi connectivity index (χ3n) is 4.37. The molecule has 0 bridgehead atoms. The normalized spacial score (nSPS) is 14.2. The molecule has 0 aliphatic carbocycles. The molecule has 0 atom stereocenters. The number of carbonyl (C=O) groups is 1. The Morgan fingerprint density at radius 1 is 1.07 bits per heavy atom. The maximum absolute atomic E-state index is 13.8. The Kier molecular flexibility index (Phi) is 4.83. The van der Waals surface area contributed by atoms with Gasteiger partial charge in [0.2, 0.25) is 5.95 Å². The average molecular weight is 386 g/mol. The molecule has 1 saturated heterocycles. The van der Waals surface area contributed by atoms with Crippen LogP contribution in [0.1, 0.15) is 10.6 Å². The van der Waals surface area contributed by atoms with Crippen molar-refractivity contribution in [1.82, 2.24) is 20.1 Å². The standard InChI is InChI=1S/C18H16F2N6O2/c19-12-3-1-4-13(20)16(12)23-18-22-15(11-21-24-18)25-6-8-26(9-7-25)17(27)14-5-2-10-28-14/h1-5,10-11H,6-9H2,(H,22,23,24). The molecule has 2 aromatic heterocycles. The van der Waals surface area contributed by atoms with E-state index < -0.39 is 11.6 Å². The molecule has 1 aliphatic rings. The molecule has 10 heteroatoms. The van der Waals surface area contributed by atoms with Crippen LogP contribution >= 0.6 is 0 Å². The molecule has 0 unspecified atom stereocenters. The summed E-state index contributed by atoms with van der Waals surface area (Å²) < 4.78 is 32.7. The maximum Gasteiger partial charge on any atom is 0.289 e. The first-order valence-electron chi connectivity index (χ1n) is 8.60. The lowest BCUT2D eigenvalue weighted by Gasteiger charge is -2.34. The first-order valence-corrected chi connectivity index (χ1v) is 8.60. The molecule has 1 fully saturated rings. The number of nitrogens with zero attached hydrogens (tertiary/aromatic N) is 5. The van der Waals surface area contributed by atoms with E-state index in [0.717, 1.165) is 12.1 Å². The van der Waals surface area contributed by atoms with Crippen LogP contribution in [-0.4, -0.2) is 52.2 Å². The van der Waals surface area contributed by atoms with Crippen LogP contribution in [0.3, 0.4) is 0 Å². The molecule has 0 saturated carbocycles. The van der Waals surface area contributed by atoms with Crippen molar-refractivity contribution in [3.05, 3.63) is 60.2 Å². The predicted molar refractivity (Wildman–Crippen MR) is 96.3 cm³/mol. The van der Waals surface area contributed by atoms with Gasteiger partial charge in [-0.1, -0.05) is 6.07 Å². The lowest BCUT2D eigenvalue weighted by atomic mass is 10.3. The van der Waals surface area contributed by atoms with Crippen molar-refractivity contribution < 1.29 is 18.0 Å². The van der Waals surface area contributed by atoms with E-state index in [9.17, 15) is 13.6 Å². The van der Waals surface area contributed by atoms with Crippen LogP contribution in [0, 0.1) is 11.6 Å². The van der Waals surface area contributed by atoms with Crippen LogP contribution in [0.5, 0.6) is 0 Å². The van der Waals surface area contributed by atoms with E-state index in [4.69, 9.17) is 4.42 Å². The van der Waals surface area contributed by atoms with E-state index in [-0.39, 0.29) is 17.5 Å². The summed E-state index contributed by atoms with van der Waals surface area (Å²) in [4.78, 5) is 20.2. The Morgan fingerprint density at radius 3 is 2.50 bits per heavy atom. The largest absolute Gasteiger partial charge is 0.459 e. The van der Waals surface area contributed by atoms with Crippen molar-refractivity contribution in [2.75, 3.05) is 36.4 Å². The Hall–Kier alpha value is -3.56. The van der Waals surface area contributed by atoms with Gasteiger partial charge in [0.25, 0.3) is 5.91 Å². The van der Waals surface area contributed by atoms with Gasteiger partial charge in [0.05, 0.1) is 12.5 Å². The average Bonchev–Trinajstić information content (AvgIpc) is 3.26. The monoisotopic (exact) mass is 386 g/mol. The molecule has 1 N–H and O–H groups in total. The van der Waals surface area contributed by atoms with Crippen LogP contribution < -0.4 is 10.2 Å². The zero-order valence-electron chi connectivity index (χ0n) is 14.7. The number of rotatable bonds is 4. The zero-order chi connectivity index (χ0) is 19.5. The second-order valence-corrected chi connectivity index (χ2v) is 6.12. The van der Waals surface area contributed by atoms with Crippen molar-refractivity contribution in [1.29, 1.82) is 0 Å². The number of para-hydroxylation sites is 1. The Bertz CT molecular complexity index is 954. The van der Waals surface area contributed by atoms with Crippen molar-refractivity contribution in [3.63, 3.8) is 0 Å². The van der Waals surface area contributed by atoms with E-state index in [1.54, 1.807) is 17.0 Å². The molecule has 4 rings (SSSR count). The third-order valence-corrected chi connectivity index (χ3v) is 4.37. The van der Waals surface area contributed by atoms with Gasteiger partial charge in [-0.05, 0) is 24.3 Å². The predicted octanol–water partition coefficient (Wildman–Crippen LogP) is 2.45. The van der Waals surface area contributed by atoms with Gasteiger partial charge in [0.15, 0.2) is 11.6 Å². The highest BCUT2D eigenvalue weighted by Crippen LogP contribution is 2.22. The second kappa shape index (κ2) is 7.59. The molecule has 0 spiro atoms. The summed E-state index contributed by atoms with van der Waals surface area (Å²) >= 11 is 0. The van der Waals surface area contributed by atoms with Crippen molar-refractivity contribution in [2.24, 2.45) is 0 Å². The minimum Gasteiger partial charge on any atom is -0.459 e. The van der Waals surface area contributed by atoms with Crippen LogP contribution in [0.2, 0.25) is 0 Å². The number of halogens is 2. The number of hydrogen-bond donors (Lipinski definition) is 1. The number of aromatic nitrogens is 3. The SMILES string of the molecule is O=C(c1ccco1)N1CCN(c2cnnc(Nc3c(F)cccc3F)n2)CC1. The van der Waals surface area contributed by atoms with Gasteiger partial charge in [-0.25, -0.2) is 8.78 Å². The summed E-state index contributed by atoms with van der Waals surface area (Å²) in [5, 5.41) is 10.2.